The SMILES string of the molecule is C[C@@H]1CC[C@@H](C(C)(C)c2ccccc2)[C@H](O[C](=[Cr])/C=C/C2=C[CH]C=C2)C1. The third kappa shape index (κ3) is 4.74. The summed E-state index contributed by atoms with van der Waals surface area (Å²) in [4.78, 5) is 0. The topological polar surface area (TPSA) is 9.23 Å². The Labute approximate surface area is 166 Å². The molecule has 0 aromatic heterocycles. The number of hydrogen-bond acceptors (Lipinski definition) is 1. The Bertz CT molecular complexity index is 711. The Morgan fingerprint density at radius 3 is 2.65 bits per heavy atom. The normalized spacial score (nSPS) is 26.3. The van der Waals surface area contributed by atoms with Crippen molar-refractivity contribution in [3.63, 3.8) is 0 Å². The fraction of sp³-hybridized carbons (Fsp3) is 0.417. The number of hydrogen-bond donors (Lipinski definition) is 0. The number of benzene rings is 1. The summed E-state index contributed by atoms with van der Waals surface area (Å²) in [6.45, 7) is 7.09. The molecule has 0 N–H and O–H groups in total. The summed E-state index contributed by atoms with van der Waals surface area (Å²) in [6, 6.07) is 10.9. The first kappa shape index (κ1) is 19.6. The third-order valence-electron chi connectivity index (χ3n) is 5.87. The Hall–Kier alpha value is -1.20. The van der Waals surface area contributed by atoms with Crippen LogP contribution in [0.5, 0.6) is 0 Å². The molecule has 1 nitrogen and oxygen atoms in total. The van der Waals surface area contributed by atoms with E-state index >= 15 is 0 Å². The molecule has 2 aliphatic rings. The van der Waals surface area contributed by atoms with Crippen molar-refractivity contribution in [2.24, 2.45) is 11.8 Å². The van der Waals surface area contributed by atoms with Crippen LogP contribution in [-0.4, -0.2) is 10.7 Å². The molecule has 2 heteroatoms. The molecule has 0 saturated heterocycles. The van der Waals surface area contributed by atoms with E-state index in [0.717, 1.165) is 16.9 Å². The van der Waals surface area contributed by atoms with Gasteiger partial charge in [-0.3, -0.25) is 0 Å². The van der Waals surface area contributed by atoms with Gasteiger partial charge in [-0.15, -0.1) is 0 Å². The van der Waals surface area contributed by atoms with Crippen molar-refractivity contribution in [1.82, 2.24) is 0 Å². The molecule has 3 atom stereocenters. The fourth-order valence-corrected chi connectivity index (χ4v) is 4.52. The first-order valence-electron chi connectivity index (χ1n) is 9.63. The van der Waals surface area contributed by atoms with Gasteiger partial charge >= 0.3 is 167 Å². The van der Waals surface area contributed by atoms with Gasteiger partial charge in [0.05, 0.1) is 0 Å². The number of ether oxygens (including phenoxy) is 1. The Morgan fingerprint density at radius 1 is 1.19 bits per heavy atom. The van der Waals surface area contributed by atoms with Crippen LogP contribution in [-0.2, 0) is 26.0 Å². The maximum atomic E-state index is 6.45. The van der Waals surface area contributed by atoms with Crippen LogP contribution >= 0.6 is 0 Å². The fourth-order valence-electron chi connectivity index (χ4n) is 4.22. The van der Waals surface area contributed by atoms with Gasteiger partial charge in [-0.25, -0.2) is 0 Å². The second-order valence-electron chi connectivity index (χ2n) is 8.14. The minimum absolute atomic E-state index is 0.0989. The molecular weight excluding hydrogens is 356 g/mol. The summed E-state index contributed by atoms with van der Waals surface area (Å²) in [6.07, 6.45) is 16.4. The van der Waals surface area contributed by atoms with Crippen molar-refractivity contribution in [2.75, 3.05) is 0 Å². The second-order valence-corrected chi connectivity index (χ2v) is 8.77. The first-order valence-corrected chi connectivity index (χ1v) is 10.3. The van der Waals surface area contributed by atoms with E-state index in [1.54, 1.807) is 0 Å². The predicted octanol–water partition coefficient (Wildman–Crippen LogP) is 5.72. The van der Waals surface area contributed by atoms with Gasteiger partial charge in [-0.1, -0.05) is 0 Å². The zero-order valence-electron chi connectivity index (χ0n) is 16.0. The van der Waals surface area contributed by atoms with E-state index in [1.807, 2.05) is 0 Å². The summed E-state index contributed by atoms with van der Waals surface area (Å²) >= 11 is 3.12. The standard InChI is InChI=1S/C24H29O.Cr/c1-19-15-16-22(24(2,3)21-13-5-4-6-14-21)23(18-19)25-17-9-12-20-10-7-8-11-20;/h4-14,19,22-23H,15-16,18H2,1-3H3;/b12-9+;/t19-,22-,23-;/m1./s1. The molecule has 2 aliphatic carbocycles. The average molecular weight is 385 g/mol. The molecule has 0 amide bonds. The van der Waals surface area contributed by atoms with E-state index in [4.69, 9.17) is 4.74 Å². The monoisotopic (exact) mass is 385 g/mol. The van der Waals surface area contributed by atoms with E-state index in [-0.39, 0.29) is 11.5 Å². The molecule has 0 aliphatic heterocycles. The molecule has 26 heavy (non-hydrogen) atoms. The van der Waals surface area contributed by atoms with Gasteiger partial charge in [0, 0.05) is 0 Å². The Balaban J connectivity index is 1.73. The van der Waals surface area contributed by atoms with Crippen LogP contribution in [0, 0.1) is 18.3 Å². The van der Waals surface area contributed by atoms with Gasteiger partial charge in [0.25, 0.3) is 0 Å². The quantitative estimate of drug-likeness (QED) is 0.609. The predicted molar refractivity (Wildman–Crippen MR) is 107 cm³/mol. The molecular formula is C24H29CrO. The summed E-state index contributed by atoms with van der Waals surface area (Å²) < 4.78 is 7.34. The van der Waals surface area contributed by atoms with Gasteiger partial charge in [0.2, 0.25) is 0 Å². The minimum atomic E-state index is 0.0989. The van der Waals surface area contributed by atoms with Crippen molar-refractivity contribution < 1.29 is 20.6 Å². The Morgan fingerprint density at radius 2 is 1.96 bits per heavy atom. The molecule has 1 aromatic carbocycles. The van der Waals surface area contributed by atoms with Crippen LogP contribution in [0.2, 0.25) is 0 Å². The van der Waals surface area contributed by atoms with Crippen molar-refractivity contribution in [2.45, 2.75) is 51.6 Å². The van der Waals surface area contributed by atoms with Gasteiger partial charge in [0.15, 0.2) is 0 Å². The number of allylic oxidation sites excluding steroid dienone is 5. The molecule has 0 unspecified atom stereocenters. The molecule has 1 aromatic rings. The van der Waals surface area contributed by atoms with Gasteiger partial charge in [0.1, 0.15) is 0 Å². The molecule has 1 saturated carbocycles. The zero-order valence-corrected chi connectivity index (χ0v) is 17.3. The summed E-state index contributed by atoms with van der Waals surface area (Å²) in [7, 11) is 0. The Kier molecular flexibility index (Phi) is 6.52. The van der Waals surface area contributed by atoms with Crippen molar-refractivity contribution >= 4 is 4.57 Å². The van der Waals surface area contributed by atoms with E-state index < -0.39 is 0 Å². The van der Waals surface area contributed by atoms with Crippen molar-refractivity contribution in [3.05, 3.63) is 78.3 Å². The van der Waals surface area contributed by atoms with Crippen LogP contribution in [0.1, 0.15) is 45.6 Å². The van der Waals surface area contributed by atoms with Crippen molar-refractivity contribution in [3.8, 4) is 0 Å². The van der Waals surface area contributed by atoms with Crippen LogP contribution in [0.4, 0.5) is 0 Å². The molecule has 137 valence electrons. The molecule has 3 rings (SSSR count). The van der Waals surface area contributed by atoms with Crippen molar-refractivity contribution in [1.29, 1.82) is 0 Å². The third-order valence-corrected chi connectivity index (χ3v) is 6.23. The summed E-state index contributed by atoms with van der Waals surface area (Å²) in [5, 5.41) is 0. The molecule has 1 fully saturated rings. The van der Waals surface area contributed by atoms with E-state index in [1.165, 1.54) is 24.0 Å². The van der Waals surface area contributed by atoms with E-state index in [0.29, 0.717) is 5.92 Å². The van der Waals surface area contributed by atoms with Crippen LogP contribution in [0.15, 0.2) is 66.3 Å². The van der Waals surface area contributed by atoms with E-state index in [2.05, 4.69) is 104 Å². The van der Waals surface area contributed by atoms with E-state index in [9.17, 15) is 0 Å². The zero-order chi connectivity index (χ0) is 18.6. The maximum absolute atomic E-state index is 6.45. The molecule has 0 heterocycles. The number of rotatable bonds is 6. The summed E-state index contributed by atoms with van der Waals surface area (Å²) in [5.41, 5.74) is 2.71. The van der Waals surface area contributed by atoms with Gasteiger partial charge in [-0.2, -0.15) is 0 Å². The molecule has 0 bridgehead atoms. The second kappa shape index (κ2) is 8.66. The van der Waals surface area contributed by atoms with Crippen LogP contribution < -0.4 is 0 Å². The van der Waals surface area contributed by atoms with Gasteiger partial charge < -0.3 is 0 Å². The summed E-state index contributed by atoms with van der Waals surface area (Å²) in [5.74, 6) is 1.23. The average Bonchev–Trinajstić information content (AvgIpc) is 3.14. The molecule has 0 spiro atoms. The molecule has 1 radical (unpaired) electrons. The van der Waals surface area contributed by atoms with Crippen LogP contribution in [0.3, 0.4) is 0 Å². The van der Waals surface area contributed by atoms with Gasteiger partial charge in [-0.05, 0) is 0 Å². The van der Waals surface area contributed by atoms with Crippen LogP contribution in [0.25, 0.3) is 0 Å². The first-order chi connectivity index (χ1) is 12.5.